The van der Waals surface area contributed by atoms with Gasteiger partial charge in [0.15, 0.2) is 17.5 Å². The molecular formula is C63H42N4. The lowest BCUT2D eigenvalue weighted by atomic mass is 9.96. The molecule has 0 unspecified atom stereocenters. The van der Waals surface area contributed by atoms with Crippen LogP contribution in [-0.4, -0.2) is 19.5 Å². The third kappa shape index (κ3) is 7.77. The first kappa shape index (κ1) is 39.6. The third-order valence-electron chi connectivity index (χ3n) is 12.6. The summed E-state index contributed by atoms with van der Waals surface area (Å²) in [7, 11) is 0. The highest BCUT2D eigenvalue weighted by Gasteiger charge is 2.16. The molecule has 2 heterocycles. The molecule has 10 aromatic carbocycles. The Balaban J connectivity index is 0.919. The zero-order chi connectivity index (χ0) is 44.5. The van der Waals surface area contributed by atoms with Gasteiger partial charge in [-0.2, -0.15) is 0 Å². The topological polar surface area (TPSA) is 43.6 Å². The van der Waals surface area contributed by atoms with Gasteiger partial charge >= 0.3 is 0 Å². The molecule has 0 bridgehead atoms. The van der Waals surface area contributed by atoms with Crippen LogP contribution in [0.4, 0.5) is 0 Å². The number of fused-ring (bicyclic) bond motifs is 3. The first-order valence-corrected chi connectivity index (χ1v) is 22.7. The summed E-state index contributed by atoms with van der Waals surface area (Å²) in [5, 5.41) is 2.48. The van der Waals surface area contributed by atoms with Crippen LogP contribution in [0.15, 0.2) is 255 Å². The van der Waals surface area contributed by atoms with Crippen LogP contribution in [-0.2, 0) is 0 Å². The maximum Gasteiger partial charge on any atom is 0.164 e. The van der Waals surface area contributed by atoms with Crippen molar-refractivity contribution in [2.45, 2.75) is 0 Å². The van der Waals surface area contributed by atoms with Crippen LogP contribution in [0.2, 0.25) is 0 Å². The lowest BCUT2D eigenvalue weighted by Crippen LogP contribution is -2.00. The van der Waals surface area contributed by atoms with E-state index in [9.17, 15) is 0 Å². The Hall–Kier alpha value is -8.99. The summed E-state index contributed by atoms with van der Waals surface area (Å²) in [6.07, 6.45) is 0. The minimum Gasteiger partial charge on any atom is -0.309 e. The van der Waals surface area contributed by atoms with E-state index >= 15 is 0 Å². The van der Waals surface area contributed by atoms with Crippen LogP contribution < -0.4 is 0 Å². The highest BCUT2D eigenvalue weighted by Crippen LogP contribution is 2.36. The summed E-state index contributed by atoms with van der Waals surface area (Å²) in [6, 6.07) is 90.1. The SMILES string of the molecule is c1ccc(-c2cccc(-c3cccc(-c4ccc(-c5nc(-c6cccc(-c7ccccc7)c6)nc(-c6cccc(-c7cccc(-n8c9ccccc9c9ccccc98)c7)c6)n5)cc4)c3)c2)cc1. The van der Waals surface area contributed by atoms with Gasteiger partial charge in [-0.05, 0) is 104 Å². The van der Waals surface area contributed by atoms with E-state index in [1.165, 1.54) is 44.1 Å². The molecule has 0 aliphatic heterocycles. The second-order valence-electron chi connectivity index (χ2n) is 16.9. The summed E-state index contributed by atoms with van der Waals surface area (Å²) >= 11 is 0. The predicted octanol–water partition coefficient (Wildman–Crippen LogP) is 16.3. The van der Waals surface area contributed by atoms with E-state index in [1.807, 2.05) is 6.07 Å². The molecule has 12 rings (SSSR count). The summed E-state index contributed by atoms with van der Waals surface area (Å²) in [4.78, 5) is 15.6. The van der Waals surface area contributed by atoms with E-state index in [0.717, 1.165) is 55.8 Å². The van der Waals surface area contributed by atoms with Gasteiger partial charge in [-0.1, -0.05) is 206 Å². The van der Waals surface area contributed by atoms with Crippen molar-refractivity contribution in [1.29, 1.82) is 0 Å². The Morgan fingerprint density at radius 1 is 0.209 bits per heavy atom. The molecule has 0 saturated carbocycles. The van der Waals surface area contributed by atoms with Gasteiger partial charge in [-0.3, -0.25) is 0 Å². The fourth-order valence-corrected chi connectivity index (χ4v) is 9.29. The van der Waals surface area contributed by atoms with Gasteiger partial charge in [0.05, 0.1) is 11.0 Å². The molecule has 0 atom stereocenters. The minimum absolute atomic E-state index is 0.611. The highest BCUT2D eigenvalue weighted by atomic mass is 15.0. The zero-order valence-electron chi connectivity index (χ0n) is 36.5. The Kier molecular flexibility index (Phi) is 10.2. The van der Waals surface area contributed by atoms with Crippen LogP contribution in [0.5, 0.6) is 0 Å². The van der Waals surface area contributed by atoms with Crippen molar-refractivity contribution in [1.82, 2.24) is 19.5 Å². The second-order valence-corrected chi connectivity index (χ2v) is 16.9. The highest BCUT2D eigenvalue weighted by molar-refractivity contribution is 6.09. The smallest absolute Gasteiger partial charge is 0.164 e. The Bertz CT molecular complexity index is 3690. The van der Waals surface area contributed by atoms with E-state index in [1.54, 1.807) is 0 Å². The predicted molar refractivity (Wildman–Crippen MR) is 278 cm³/mol. The quantitative estimate of drug-likeness (QED) is 0.145. The van der Waals surface area contributed by atoms with Crippen molar-refractivity contribution in [3.63, 3.8) is 0 Å². The zero-order valence-corrected chi connectivity index (χ0v) is 36.5. The molecule has 67 heavy (non-hydrogen) atoms. The molecule has 0 radical (unpaired) electrons. The summed E-state index contributed by atoms with van der Waals surface area (Å²) in [5.41, 5.74) is 17.7. The van der Waals surface area contributed by atoms with Crippen LogP contribution >= 0.6 is 0 Å². The molecule has 0 spiro atoms. The molecule has 4 nitrogen and oxygen atoms in total. The summed E-state index contributed by atoms with van der Waals surface area (Å²) in [6.45, 7) is 0. The van der Waals surface area contributed by atoms with Gasteiger partial charge in [0.25, 0.3) is 0 Å². The number of aromatic nitrogens is 4. The van der Waals surface area contributed by atoms with E-state index in [4.69, 9.17) is 15.0 Å². The van der Waals surface area contributed by atoms with Crippen LogP contribution in [0.3, 0.4) is 0 Å². The number of hydrogen-bond donors (Lipinski definition) is 0. The van der Waals surface area contributed by atoms with Gasteiger partial charge in [-0.15, -0.1) is 0 Å². The van der Waals surface area contributed by atoms with Crippen molar-refractivity contribution >= 4 is 21.8 Å². The first-order valence-electron chi connectivity index (χ1n) is 22.7. The van der Waals surface area contributed by atoms with Gasteiger partial charge in [0.1, 0.15) is 0 Å². The monoisotopic (exact) mass is 854 g/mol. The van der Waals surface area contributed by atoms with Crippen molar-refractivity contribution in [3.05, 3.63) is 255 Å². The lowest BCUT2D eigenvalue weighted by Gasteiger charge is -2.12. The molecule has 0 N–H and O–H groups in total. The van der Waals surface area contributed by atoms with Crippen LogP contribution in [0, 0.1) is 0 Å². The fraction of sp³-hybridized carbons (Fsp3) is 0. The fourth-order valence-electron chi connectivity index (χ4n) is 9.29. The van der Waals surface area contributed by atoms with E-state index < -0.39 is 0 Å². The number of para-hydroxylation sites is 2. The normalized spacial score (nSPS) is 11.3. The van der Waals surface area contributed by atoms with Crippen molar-refractivity contribution in [2.75, 3.05) is 0 Å². The Morgan fingerprint density at radius 2 is 0.507 bits per heavy atom. The van der Waals surface area contributed by atoms with Crippen LogP contribution in [0.1, 0.15) is 0 Å². The number of hydrogen-bond acceptors (Lipinski definition) is 3. The first-order chi connectivity index (χ1) is 33.2. The molecule has 0 amide bonds. The number of nitrogens with zero attached hydrogens (tertiary/aromatic N) is 4. The lowest BCUT2D eigenvalue weighted by molar-refractivity contribution is 1.07. The van der Waals surface area contributed by atoms with E-state index in [-0.39, 0.29) is 0 Å². The van der Waals surface area contributed by atoms with Gasteiger partial charge in [0, 0.05) is 33.2 Å². The Labute approximate surface area is 389 Å². The van der Waals surface area contributed by atoms with Crippen molar-refractivity contribution < 1.29 is 0 Å². The van der Waals surface area contributed by atoms with Crippen LogP contribution in [0.25, 0.3) is 117 Å². The molecule has 314 valence electrons. The molecule has 2 aromatic heterocycles. The largest absolute Gasteiger partial charge is 0.309 e. The minimum atomic E-state index is 0.611. The van der Waals surface area contributed by atoms with Gasteiger partial charge < -0.3 is 4.57 Å². The molecule has 12 aromatic rings. The molecule has 0 aliphatic rings. The maximum absolute atomic E-state index is 5.20. The Morgan fingerprint density at radius 3 is 0.970 bits per heavy atom. The van der Waals surface area contributed by atoms with Gasteiger partial charge in [0.2, 0.25) is 0 Å². The molecular weight excluding hydrogens is 813 g/mol. The molecule has 4 heteroatoms. The van der Waals surface area contributed by atoms with E-state index in [0.29, 0.717) is 17.5 Å². The summed E-state index contributed by atoms with van der Waals surface area (Å²) in [5.74, 6) is 1.84. The molecule has 0 aliphatic carbocycles. The van der Waals surface area contributed by atoms with Gasteiger partial charge in [-0.25, -0.2) is 15.0 Å². The number of rotatable bonds is 9. The van der Waals surface area contributed by atoms with Crippen molar-refractivity contribution in [2.24, 2.45) is 0 Å². The maximum atomic E-state index is 5.20. The third-order valence-corrected chi connectivity index (χ3v) is 12.6. The number of benzene rings is 10. The standard InChI is InChI=1S/C63H42N4/c1-3-16-43(17-4-1)47-20-11-23-50(38-47)51-24-12-21-48(39-51)45-34-36-46(37-35-45)61-64-62(54-27-13-22-49(40-54)44-18-5-2-6-19-44)66-63(65-61)55-28-14-25-52(41-55)53-26-15-29-56(42-53)67-59-32-9-7-30-57(59)58-31-8-10-33-60(58)67/h1-42H. The second kappa shape index (κ2) is 17.2. The molecule has 0 fully saturated rings. The average molecular weight is 855 g/mol. The average Bonchev–Trinajstić information content (AvgIpc) is 3.76. The summed E-state index contributed by atoms with van der Waals surface area (Å²) < 4.78 is 2.36. The molecule has 0 saturated heterocycles. The van der Waals surface area contributed by atoms with E-state index in [2.05, 4.69) is 253 Å². The van der Waals surface area contributed by atoms with Crippen molar-refractivity contribution in [3.8, 4) is 95.5 Å².